The SMILES string of the molecule is CNC(=O)C(C)OC1(CN)CCC(C(C)(C)C)CC1. The fourth-order valence-electron chi connectivity index (χ4n) is 3.01. The van der Waals surface area contributed by atoms with Crippen molar-refractivity contribution >= 4 is 5.91 Å². The van der Waals surface area contributed by atoms with E-state index in [-0.39, 0.29) is 11.5 Å². The topological polar surface area (TPSA) is 64.3 Å². The zero-order valence-electron chi connectivity index (χ0n) is 13.1. The molecule has 19 heavy (non-hydrogen) atoms. The summed E-state index contributed by atoms with van der Waals surface area (Å²) in [6.45, 7) is 9.17. The van der Waals surface area contributed by atoms with Crippen LogP contribution < -0.4 is 11.1 Å². The molecule has 0 aromatic heterocycles. The van der Waals surface area contributed by atoms with Crippen molar-refractivity contribution in [3.8, 4) is 0 Å². The molecule has 0 radical (unpaired) electrons. The Hall–Kier alpha value is -0.610. The molecule has 0 spiro atoms. The van der Waals surface area contributed by atoms with E-state index in [4.69, 9.17) is 10.5 Å². The molecule has 3 N–H and O–H groups in total. The first kappa shape index (κ1) is 16.4. The van der Waals surface area contributed by atoms with E-state index < -0.39 is 6.10 Å². The monoisotopic (exact) mass is 270 g/mol. The lowest BCUT2D eigenvalue weighted by Gasteiger charge is -2.44. The predicted octanol–water partition coefficient (Wildman–Crippen LogP) is 2.07. The van der Waals surface area contributed by atoms with Crippen LogP contribution >= 0.6 is 0 Å². The Labute approximate surface area is 117 Å². The van der Waals surface area contributed by atoms with Crippen molar-refractivity contribution in [3.63, 3.8) is 0 Å². The molecule has 1 aliphatic rings. The minimum absolute atomic E-state index is 0.0780. The number of amides is 1. The first-order valence-electron chi connectivity index (χ1n) is 7.33. The summed E-state index contributed by atoms with van der Waals surface area (Å²) in [6, 6.07) is 0. The number of hydrogen-bond acceptors (Lipinski definition) is 3. The van der Waals surface area contributed by atoms with Gasteiger partial charge in [0, 0.05) is 13.6 Å². The Morgan fingerprint density at radius 2 is 1.95 bits per heavy atom. The van der Waals surface area contributed by atoms with Gasteiger partial charge in [-0.1, -0.05) is 20.8 Å². The van der Waals surface area contributed by atoms with Gasteiger partial charge in [0.15, 0.2) is 0 Å². The second-order valence-electron chi connectivity index (χ2n) is 6.90. The third-order valence-electron chi connectivity index (χ3n) is 4.54. The Balaban J connectivity index is 2.63. The maximum Gasteiger partial charge on any atom is 0.248 e. The Bertz CT molecular complexity index is 302. The third kappa shape index (κ3) is 4.18. The van der Waals surface area contributed by atoms with Gasteiger partial charge >= 0.3 is 0 Å². The molecule has 1 aliphatic carbocycles. The highest BCUT2D eigenvalue weighted by Gasteiger charge is 2.40. The minimum Gasteiger partial charge on any atom is -0.361 e. The highest BCUT2D eigenvalue weighted by molar-refractivity contribution is 5.80. The number of carbonyl (C=O) groups excluding carboxylic acids is 1. The molecule has 1 saturated carbocycles. The van der Waals surface area contributed by atoms with Crippen molar-refractivity contribution in [2.24, 2.45) is 17.1 Å². The van der Waals surface area contributed by atoms with Crippen LogP contribution in [0.1, 0.15) is 53.4 Å². The quantitative estimate of drug-likeness (QED) is 0.822. The van der Waals surface area contributed by atoms with E-state index in [0.29, 0.717) is 17.9 Å². The van der Waals surface area contributed by atoms with Gasteiger partial charge in [-0.25, -0.2) is 0 Å². The van der Waals surface area contributed by atoms with Crippen molar-refractivity contribution in [3.05, 3.63) is 0 Å². The average Bonchev–Trinajstić information content (AvgIpc) is 2.37. The lowest BCUT2D eigenvalue weighted by molar-refractivity contribution is -0.151. The molecule has 0 bridgehead atoms. The van der Waals surface area contributed by atoms with Gasteiger partial charge in [-0.2, -0.15) is 0 Å². The summed E-state index contributed by atoms with van der Waals surface area (Å²) in [6.07, 6.45) is 3.72. The maximum absolute atomic E-state index is 11.6. The zero-order valence-corrected chi connectivity index (χ0v) is 13.1. The Kier molecular flexibility index (Phi) is 5.39. The van der Waals surface area contributed by atoms with Crippen molar-refractivity contribution in [2.75, 3.05) is 13.6 Å². The van der Waals surface area contributed by atoms with Crippen LogP contribution in [0.25, 0.3) is 0 Å². The third-order valence-corrected chi connectivity index (χ3v) is 4.54. The van der Waals surface area contributed by atoms with E-state index in [0.717, 1.165) is 25.7 Å². The molecule has 0 saturated heterocycles. The van der Waals surface area contributed by atoms with Crippen LogP contribution in [0.2, 0.25) is 0 Å². The molecule has 1 unspecified atom stereocenters. The molecule has 1 amide bonds. The molecule has 1 atom stereocenters. The van der Waals surface area contributed by atoms with Gasteiger partial charge in [-0.05, 0) is 43.9 Å². The van der Waals surface area contributed by atoms with E-state index in [9.17, 15) is 4.79 Å². The molecular weight excluding hydrogens is 240 g/mol. The number of ether oxygens (including phenoxy) is 1. The second kappa shape index (κ2) is 6.23. The van der Waals surface area contributed by atoms with Gasteiger partial charge in [-0.15, -0.1) is 0 Å². The molecule has 112 valence electrons. The first-order chi connectivity index (χ1) is 8.74. The van der Waals surface area contributed by atoms with Gasteiger partial charge in [-0.3, -0.25) is 4.79 Å². The van der Waals surface area contributed by atoms with E-state index in [1.807, 2.05) is 0 Å². The highest BCUT2D eigenvalue weighted by atomic mass is 16.5. The lowest BCUT2D eigenvalue weighted by atomic mass is 9.68. The number of hydrogen-bond donors (Lipinski definition) is 2. The predicted molar refractivity (Wildman–Crippen MR) is 77.8 cm³/mol. The van der Waals surface area contributed by atoms with Crippen molar-refractivity contribution in [1.29, 1.82) is 0 Å². The van der Waals surface area contributed by atoms with Crippen molar-refractivity contribution in [2.45, 2.75) is 65.1 Å². The van der Waals surface area contributed by atoms with E-state index in [1.54, 1.807) is 14.0 Å². The maximum atomic E-state index is 11.6. The van der Waals surface area contributed by atoms with Crippen LogP contribution in [-0.4, -0.2) is 31.2 Å². The van der Waals surface area contributed by atoms with E-state index in [2.05, 4.69) is 26.1 Å². The molecule has 4 nitrogen and oxygen atoms in total. The minimum atomic E-state index is -0.431. The number of nitrogens with two attached hydrogens (primary N) is 1. The number of rotatable bonds is 4. The fraction of sp³-hybridized carbons (Fsp3) is 0.933. The number of nitrogens with one attached hydrogen (secondary N) is 1. The van der Waals surface area contributed by atoms with E-state index >= 15 is 0 Å². The highest BCUT2D eigenvalue weighted by Crippen LogP contribution is 2.42. The molecule has 1 rings (SSSR count). The number of likely N-dealkylation sites (N-methyl/N-ethyl adjacent to an activating group) is 1. The molecule has 0 aromatic carbocycles. The van der Waals surface area contributed by atoms with Crippen LogP contribution in [0.4, 0.5) is 0 Å². The second-order valence-corrected chi connectivity index (χ2v) is 6.90. The Morgan fingerprint density at radius 3 is 2.32 bits per heavy atom. The molecular formula is C15H30N2O2. The Morgan fingerprint density at radius 1 is 1.42 bits per heavy atom. The van der Waals surface area contributed by atoms with Gasteiger partial charge in [0.2, 0.25) is 5.91 Å². The average molecular weight is 270 g/mol. The summed E-state index contributed by atoms with van der Waals surface area (Å²) in [5.41, 5.74) is 5.95. The van der Waals surface area contributed by atoms with Crippen LogP contribution in [0.5, 0.6) is 0 Å². The standard InChI is InChI=1S/C15H30N2O2/c1-11(13(18)17-5)19-15(10-16)8-6-12(7-9-15)14(2,3)4/h11-12H,6-10,16H2,1-5H3,(H,17,18). The van der Waals surface area contributed by atoms with Crippen molar-refractivity contribution < 1.29 is 9.53 Å². The van der Waals surface area contributed by atoms with Gasteiger partial charge in [0.25, 0.3) is 0 Å². The van der Waals surface area contributed by atoms with Gasteiger partial charge < -0.3 is 15.8 Å². The van der Waals surface area contributed by atoms with Gasteiger partial charge in [0.05, 0.1) is 5.60 Å². The summed E-state index contributed by atoms with van der Waals surface area (Å²) < 4.78 is 6.00. The van der Waals surface area contributed by atoms with Crippen LogP contribution in [0, 0.1) is 11.3 Å². The van der Waals surface area contributed by atoms with Crippen LogP contribution in [0.15, 0.2) is 0 Å². The normalized spacial score (nSPS) is 29.9. The first-order valence-corrected chi connectivity index (χ1v) is 7.33. The fourth-order valence-corrected chi connectivity index (χ4v) is 3.01. The molecule has 4 heteroatoms. The van der Waals surface area contributed by atoms with Gasteiger partial charge in [0.1, 0.15) is 6.10 Å². The van der Waals surface area contributed by atoms with Crippen LogP contribution in [-0.2, 0) is 9.53 Å². The summed E-state index contributed by atoms with van der Waals surface area (Å²) in [5.74, 6) is 0.636. The zero-order chi connectivity index (χ0) is 14.7. The summed E-state index contributed by atoms with van der Waals surface area (Å²) in [5, 5.41) is 2.62. The molecule has 0 aromatic rings. The lowest BCUT2D eigenvalue weighted by Crippen LogP contribution is -2.49. The van der Waals surface area contributed by atoms with Crippen LogP contribution in [0.3, 0.4) is 0 Å². The summed E-state index contributed by atoms with van der Waals surface area (Å²) in [4.78, 5) is 11.6. The molecule has 1 fully saturated rings. The van der Waals surface area contributed by atoms with E-state index in [1.165, 1.54) is 0 Å². The molecule has 0 heterocycles. The smallest absolute Gasteiger partial charge is 0.248 e. The van der Waals surface area contributed by atoms with Crippen molar-refractivity contribution in [1.82, 2.24) is 5.32 Å². The molecule has 0 aliphatic heterocycles. The summed E-state index contributed by atoms with van der Waals surface area (Å²) in [7, 11) is 1.63. The largest absolute Gasteiger partial charge is 0.361 e. The summed E-state index contributed by atoms with van der Waals surface area (Å²) >= 11 is 0. The number of carbonyl (C=O) groups is 1.